The number of rotatable bonds is 6. The molecule has 1 aromatic carbocycles. The fourth-order valence-electron chi connectivity index (χ4n) is 3.95. The van der Waals surface area contributed by atoms with Gasteiger partial charge in [0.1, 0.15) is 0 Å². The Morgan fingerprint density at radius 3 is 2.68 bits per heavy atom. The molecule has 2 aromatic heterocycles. The lowest BCUT2D eigenvalue weighted by Gasteiger charge is -2.16. The van der Waals surface area contributed by atoms with Gasteiger partial charge >= 0.3 is 0 Å². The molecule has 31 heavy (non-hydrogen) atoms. The van der Waals surface area contributed by atoms with Crippen LogP contribution in [0.1, 0.15) is 23.4 Å². The van der Waals surface area contributed by atoms with E-state index in [1.807, 2.05) is 36.7 Å². The van der Waals surface area contributed by atoms with Crippen LogP contribution in [-0.4, -0.2) is 39.7 Å². The molecule has 3 aromatic rings. The van der Waals surface area contributed by atoms with Crippen LogP contribution in [0.4, 0.5) is 5.69 Å². The Bertz CT molecular complexity index is 1100. The lowest BCUT2D eigenvalue weighted by molar-refractivity contribution is -0.126. The van der Waals surface area contributed by atoms with Crippen molar-refractivity contribution in [3.05, 3.63) is 70.6 Å². The number of hydrogen-bond donors (Lipinski definition) is 1. The number of nitrogens with one attached hydrogen (secondary N) is 1. The first-order chi connectivity index (χ1) is 14.9. The van der Waals surface area contributed by atoms with Gasteiger partial charge in [-0.25, -0.2) is 9.67 Å². The normalized spacial score (nSPS) is 16.0. The molecule has 3 heterocycles. The van der Waals surface area contributed by atoms with E-state index in [9.17, 15) is 9.59 Å². The van der Waals surface area contributed by atoms with Crippen LogP contribution in [-0.2, 0) is 16.0 Å². The van der Waals surface area contributed by atoms with E-state index in [0.29, 0.717) is 24.5 Å². The topological polar surface area (TPSA) is 80.1 Å². The summed E-state index contributed by atoms with van der Waals surface area (Å²) in [5, 5.41) is 8.20. The Labute approximate surface area is 186 Å². The third-order valence-electron chi connectivity index (χ3n) is 5.62. The molecular weight excluding hydrogens is 414 g/mol. The first kappa shape index (κ1) is 21.1. The van der Waals surface area contributed by atoms with E-state index >= 15 is 0 Å². The third-order valence-corrected chi connectivity index (χ3v) is 5.87. The van der Waals surface area contributed by atoms with Gasteiger partial charge in [0.2, 0.25) is 11.8 Å². The molecular formula is C23H24ClN5O2. The summed E-state index contributed by atoms with van der Waals surface area (Å²) >= 11 is 5.92. The number of nitrogens with zero attached hydrogens (tertiary/aromatic N) is 4. The molecule has 7 nitrogen and oxygen atoms in total. The molecule has 1 fully saturated rings. The van der Waals surface area contributed by atoms with Crippen molar-refractivity contribution in [2.24, 2.45) is 5.92 Å². The second-order valence-corrected chi connectivity index (χ2v) is 8.11. The number of aryl methyl sites for hydroxylation is 1. The standard InChI is InChI=1S/C23H24ClN5O2/c1-15-20(16(2)29(27-15)21-5-3-4-11-25-21)10-12-26-23(31)17-13-22(30)28(14-17)19-8-6-18(24)7-9-19/h3-9,11,17H,10,12-14H2,1-2H3,(H,26,31). The molecule has 4 rings (SSSR count). The number of carbonyl (C=O) groups excluding carboxylic acids is 2. The van der Waals surface area contributed by atoms with Crippen LogP contribution >= 0.6 is 11.6 Å². The Morgan fingerprint density at radius 1 is 1.19 bits per heavy atom. The van der Waals surface area contributed by atoms with E-state index in [4.69, 9.17) is 11.6 Å². The van der Waals surface area contributed by atoms with Gasteiger partial charge in [0, 0.05) is 42.1 Å². The van der Waals surface area contributed by atoms with Crippen molar-refractivity contribution in [3.63, 3.8) is 0 Å². The number of aromatic nitrogens is 3. The average molecular weight is 438 g/mol. The molecule has 0 radical (unpaired) electrons. The molecule has 1 unspecified atom stereocenters. The summed E-state index contributed by atoms with van der Waals surface area (Å²) in [5.41, 5.74) is 3.78. The van der Waals surface area contributed by atoms with Gasteiger partial charge in [-0.1, -0.05) is 17.7 Å². The number of amides is 2. The lowest BCUT2D eigenvalue weighted by atomic mass is 10.1. The number of halogens is 1. The largest absolute Gasteiger partial charge is 0.355 e. The highest BCUT2D eigenvalue weighted by molar-refractivity contribution is 6.30. The van der Waals surface area contributed by atoms with Crippen molar-refractivity contribution in [2.45, 2.75) is 26.7 Å². The van der Waals surface area contributed by atoms with Crippen molar-refractivity contribution in [2.75, 3.05) is 18.0 Å². The number of benzene rings is 1. The Balaban J connectivity index is 1.35. The van der Waals surface area contributed by atoms with Crippen molar-refractivity contribution in [1.29, 1.82) is 0 Å². The van der Waals surface area contributed by atoms with Gasteiger partial charge in [-0.05, 0) is 62.2 Å². The van der Waals surface area contributed by atoms with Gasteiger partial charge in [-0.3, -0.25) is 9.59 Å². The van der Waals surface area contributed by atoms with Crippen molar-refractivity contribution >= 4 is 29.1 Å². The maximum absolute atomic E-state index is 12.7. The summed E-state index contributed by atoms with van der Waals surface area (Å²) < 4.78 is 1.83. The summed E-state index contributed by atoms with van der Waals surface area (Å²) in [7, 11) is 0. The van der Waals surface area contributed by atoms with Crippen LogP contribution < -0.4 is 10.2 Å². The minimum atomic E-state index is -0.360. The third kappa shape index (κ3) is 4.46. The fourth-order valence-corrected chi connectivity index (χ4v) is 4.07. The Hall–Kier alpha value is -3.19. The summed E-state index contributed by atoms with van der Waals surface area (Å²) in [6, 6.07) is 12.8. The van der Waals surface area contributed by atoms with E-state index in [1.54, 1.807) is 35.4 Å². The van der Waals surface area contributed by atoms with Gasteiger partial charge in [-0.2, -0.15) is 5.10 Å². The monoisotopic (exact) mass is 437 g/mol. The van der Waals surface area contributed by atoms with Crippen LogP contribution in [0.15, 0.2) is 48.7 Å². The highest BCUT2D eigenvalue weighted by atomic mass is 35.5. The quantitative estimate of drug-likeness (QED) is 0.642. The maximum Gasteiger partial charge on any atom is 0.227 e. The van der Waals surface area contributed by atoms with E-state index < -0.39 is 0 Å². The highest BCUT2D eigenvalue weighted by Crippen LogP contribution is 2.26. The first-order valence-electron chi connectivity index (χ1n) is 10.2. The molecule has 1 atom stereocenters. The number of carbonyl (C=O) groups is 2. The molecule has 160 valence electrons. The van der Waals surface area contributed by atoms with Crippen LogP contribution in [0.5, 0.6) is 0 Å². The first-order valence-corrected chi connectivity index (χ1v) is 10.6. The summed E-state index contributed by atoms with van der Waals surface area (Å²) in [6.07, 6.45) is 2.61. The molecule has 0 aliphatic carbocycles. The van der Waals surface area contributed by atoms with Crippen molar-refractivity contribution in [1.82, 2.24) is 20.1 Å². The van der Waals surface area contributed by atoms with Gasteiger partial charge < -0.3 is 10.2 Å². The molecule has 8 heteroatoms. The lowest BCUT2D eigenvalue weighted by Crippen LogP contribution is -2.34. The van der Waals surface area contributed by atoms with Gasteiger partial charge in [0.15, 0.2) is 5.82 Å². The van der Waals surface area contributed by atoms with Crippen LogP contribution in [0.3, 0.4) is 0 Å². The Morgan fingerprint density at radius 2 is 1.97 bits per heavy atom. The second kappa shape index (κ2) is 8.89. The van der Waals surface area contributed by atoms with Crippen LogP contribution in [0.2, 0.25) is 5.02 Å². The molecule has 1 N–H and O–H groups in total. The summed E-state index contributed by atoms with van der Waals surface area (Å²) in [5.74, 6) is 0.259. The maximum atomic E-state index is 12.7. The van der Waals surface area contributed by atoms with Gasteiger partial charge in [0.05, 0.1) is 11.6 Å². The number of pyridine rings is 1. The predicted octanol–water partition coefficient (Wildman–Crippen LogP) is 3.25. The van der Waals surface area contributed by atoms with E-state index in [0.717, 1.165) is 28.5 Å². The van der Waals surface area contributed by atoms with Crippen LogP contribution in [0, 0.1) is 19.8 Å². The number of anilines is 1. The molecule has 2 amide bonds. The van der Waals surface area contributed by atoms with Gasteiger partial charge in [-0.15, -0.1) is 0 Å². The van der Waals surface area contributed by atoms with Gasteiger partial charge in [0.25, 0.3) is 0 Å². The average Bonchev–Trinajstić information content (AvgIpc) is 3.29. The molecule has 0 bridgehead atoms. The molecule has 1 saturated heterocycles. The van der Waals surface area contributed by atoms with E-state index in [-0.39, 0.29) is 24.2 Å². The van der Waals surface area contributed by atoms with Crippen molar-refractivity contribution < 1.29 is 9.59 Å². The minimum absolute atomic E-state index is 0.0502. The SMILES string of the molecule is Cc1nn(-c2ccccn2)c(C)c1CCNC(=O)C1CC(=O)N(c2ccc(Cl)cc2)C1. The predicted molar refractivity (Wildman–Crippen MR) is 119 cm³/mol. The zero-order valence-corrected chi connectivity index (χ0v) is 18.3. The molecule has 1 aliphatic rings. The zero-order valence-electron chi connectivity index (χ0n) is 17.5. The minimum Gasteiger partial charge on any atom is -0.355 e. The van der Waals surface area contributed by atoms with Crippen LogP contribution in [0.25, 0.3) is 5.82 Å². The van der Waals surface area contributed by atoms with Crippen molar-refractivity contribution in [3.8, 4) is 5.82 Å². The smallest absolute Gasteiger partial charge is 0.227 e. The summed E-state index contributed by atoms with van der Waals surface area (Å²) in [4.78, 5) is 31.1. The van der Waals surface area contributed by atoms with E-state index in [1.165, 1.54) is 0 Å². The molecule has 0 spiro atoms. The molecule has 1 aliphatic heterocycles. The van der Waals surface area contributed by atoms with E-state index in [2.05, 4.69) is 15.4 Å². The molecule has 0 saturated carbocycles. The Kier molecular flexibility index (Phi) is 6.04. The zero-order chi connectivity index (χ0) is 22.0. The highest BCUT2D eigenvalue weighted by Gasteiger charge is 2.35. The summed E-state index contributed by atoms with van der Waals surface area (Å²) in [6.45, 7) is 4.83. The second-order valence-electron chi connectivity index (χ2n) is 7.67. The number of hydrogen-bond acceptors (Lipinski definition) is 4. The fraction of sp³-hybridized carbons (Fsp3) is 0.304.